The number of para-hydroxylation sites is 1. The van der Waals surface area contributed by atoms with E-state index in [1.165, 1.54) is 18.9 Å². The molecule has 1 fully saturated rings. The molecular weight excluding hydrogens is 424 g/mol. The summed E-state index contributed by atoms with van der Waals surface area (Å²) in [5.41, 5.74) is -0.718. The van der Waals surface area contributed by atoms with Crippen LogP contribution >= 0.6 is 11.8 Å². The third kappa shape index (κ3) is 8.49. The molecule has 9 nitrogen and oxygen atoms in total. The number of amides is 2. The van der Waals surface area contributed by atoms with Crippen LogP contribution in [0.1, 0.15) is 33.6 Å². The molecule has 0 aromatic heterocycles. The van der Waals surface area contributed by atoms with Gasteiger partial charge in [0.25, 0.3) is 0 Å². The molecule has 1 aromatic carbocycles. The lowest BCUT2D eigenvalue weighted by molar-refractivity contribution is -0.142. The zero-order valence-corrected chi connectivity index (χ0v) is 18.8. The lowest BCUT2D eigenvalue weighted by atomic mass is 10.2. The number of alkyl carbamates (subject to hydrolysis) is 1. The van der Waals surface area contributed by atoms with E-state index in [9.17, 15) is 19.2 Å². The summed E-state index contributed by atoms with van der Waals surface area (Å²) in [5.74, 6) is -0.0933. The number of hydrogen-bond donors (Lipinski definition) is 2. The molecule has 1 aliphatic rings. The normalized spacial score (nSPS) is 19.3. The summed E-state index contributed by atoms with van der Waals surface area (Å²) < 4.78 is 15.2. The molecule has 2 rings (SSSR count). The van der Waals surface area contributed by atoms with Gasteiger partial charge in [-0.3, -0.25) is 4.79 Å². The maximum absolute atomic E-state index is 12.2. The predicted molar refractivity (Wildman–Crippen MR) is 115 cm³/mol. The Labute approximate surface area is 185 Å². The van der Waals surface area contributed by atoms with Crippen LogP contribution in [-0.4, -0.2) is 59.7 Å². The molecule has 2 amide bonds. The average molecular weight is 453 g/mol. The third-order valence-corrected chi connectivity index (χ3v) is 5.68. The van der Waals surface area contributed by atoms with Crippen molar-refractivity contribution in [1.82, 2.24) is 10.6 Å². The number of benzene rings is 1. The van der Waals surface area contributed by atoms with Crippen molar-refractivity contribution in [2.24, 2.45) is 0 Å². The van der Waals surface area contributed by atoms with Gasteiger partial charge < -0.3 is 24.8 Å². The molecule has 0 heterocycles. The number of Topliss-reactive ketones (excluding diaryl/α,β-unsaturated/α-hetero) is 1. The van der Waals surface area contributed by atoms with Crippen molar-refractivity contribution >= 4 is 35.7 Å². The van der Waals surface area contributed by atoms with Crippen LogP contribution in [0, 0.1) is 0 Å². The number of rotatable bonds is 7. The fourth-order valence-corrected chi connectivity index (χ4v) is 4.26. The van der Waals surface area contributed by atoms with Gasteiger partial charge in [0.1, 0.15) is 23.2 Å². The molecule has 1 unspecified atom stereocenters. The van der Waals surface area contributed by atoms with Crippen LogP contribution in [-0.2, 0) is 19.1 Å². The number of thioether (sulfide) groups is 1. The minimum Gasteiger partial charge on any atom is -0.467 e. The third-order valence-electron chi connectivity index (χ3n) is 4.24. The molecule has 10 heteroatoms. The van der Waals surface area contributed by atoms with Crippen molar-refractivity contribution in [2.45, 2.75) is 56.5 Å². The minimum absolute atomic E-state index is 0.00256. The van der Waals surface area contributed by atoms with E-state index in [0.717, 1.165) is 0 Å². The van der Waals surface area contributed by atoms with Crippen LogP contribution in [0.2, 0.25) is 0 Å². The second-order valence-electron chi connectivity index (χ2n) is 7.99. The monoisotopic (exact) mass is 452 g/mol. The molecule has 1 aliphatic carbocycles. The largest absolute Gasteiger partial charge is 0.467 e. The number of methoxy groups -OCH3 is 1. The van der Waals surface area contributed by atoms with Gasteiger partial charge in [-0.2, -0.15) is 11.8 Å². The number of esters is 1. The maximum Gasteiger partial charge on any atom is 0.412 e. The van der Waals surface area contributed by atoms with E-state index in [4.69, 9.17) is 14.2 Å². The quantitative estimate of drug-likeness (QED) is 0.606. The van der Waals surface area contributed by atoms with Crippen LogP contribution in [0.5, 0.6) is 5.75 Å². The topological polar surface area (TPSA) is 120 Å². The molecule has 1 aromatic rings. The summed E-state index contributed by atoms with van der Waals surface area (Å²) in [5, 5.41) is 4.94. The Morgan fingerprint density at radius 3 is 2.42 bits per heavy atom. The van der Waals surface area contributed by atoms with Crippen LogP contribution in [0.25, 0.3) is 0 Å². The zero-order chi connectivity index (χ0) is 23.0. The second kappa shape index (κ2) is 11.0. The number of ketones is 1. The van der Waals surface area contributed by atoms with Crippen molar-refractivity contribution in [3.8, 4) is 5.75 Å². The summed E-state index contributed by atoms with van der Waals surface area (Å²) in [6, 6.07) is 7.17. The SMILES string of the molecule is COC(=O)[C@H](CSC1CC(=O)C[C@H]1NC(=O)Oc1ccccc1)NC(=O)OC(C)(C)C. The molecule has 170 valence electrons. The van der Waals surface area contributed by atoms with Crippen molar-refractivity contribution in [3.05, 3.63) is 30.3 Å². The Hall–Kier alpha value is -2.75. The first-order valence-corrected chi connectivity index (χ1v) is 10.9. The van der Waals surface area contributed by atoms with Crippen LogP contribution in [0.15, 0.2) is 30.3 Å². The molecule has 2 N–H and O–H groups in total. The molecule has 0 saturated heterocycles. The van der Waals surface area contributed by atoms with Gasteiger partial charge in [-0.05, 0) is 32.9 Å². The molecular formula is C21H28N2O7S. The lowest BCUT2D eigenvalue weighted by Gasteiger charge is -2.24. The van der Waals surface area contributed by atoms with Crippen molar-refractivity contribution in [2.75, 3.05) is 12.9 Å². The van der Waals surface area contributed by atoms with E-state index in [0.29, 0.717) is 5.75 Å². The minimum atomic E-state index is -0.961. The standard InChI is InChI=1S/C21H28N2O7S/c1-21(2,3)30-20(27)23-16(18(25)28-4)12-31-17-11-13(24)10-15(17)22-19(26)29-14-8-6-5-7-9-14/h5-9,15-17H,10-12H2,1-4H3,(H,22,26)(H,23,27)/t15-,16+,17?/m1/s1. The Morgan fingerprint density at radius 2 is 1.81 bits per heavy atom. The second-order valence-corrected chi connectivity index (χ2v) is 9.27. The Kier molecular flexibility index (Phi) is 8.73. The molecule has 0 spiro atoms. The first-order valence-electron chi connectivity index (χ1n) is 9.81. The van der Waals surface area contributed by atoms with Gasteiger partial charge in [0.05, 0.1) is 13.2 Å². The Morgan fingerprint density at radius 1 is 1.13 bits per heavy atom. The predicted octanol–water partition coefficient (Wildman–Crippen LogP) is 2.67. The highest BCUT2D eigenvalue weighted by Gasteiger charge is 2.36. The average Bonchev–Trinajstić information content (AvgIpc) is 3.02. The highest BCUT2D eigenvalue weighted by atomic mass is 32.2. The smallest absolute Gasteiger partial charge is 0.412 e. The van der Waals surface area contributed by atoms with Crippen LogP contribution in [0.3, 0.4) is 0 Å². The van der Waals surface area contributed by atoms with Gasteiger partial charge in [-0.15, -0.1) is 0 Å². The highest BCUT2D eigenvalue weighted by molar-refractivity contribution is 8.00. The first-order chi connectivity index (χ1) is 14.6. The van der Waals surface area contributed by atoms with Gasteiger partial charge in [-0.1, -0.05) is 18.2 Å². The fraction of sp³-hybridized carbons (Fsp3) is 0.524. The van der Waals surface area contributed by atoms with Gasteiger partial charge in [0.15, 0.2) is 0 Å². The maximum atomic E-state index is 12.2. The molecule has 0 bridgehead atoms. The van der Waals surface area contributed by atoms with Gasteiger partial charge >= 0.3 is 18.2 Å². The zero-order valence-electron chi connectivity index (χ0n) is 18.0. The fourth-order valence-electron chi connectivity index (χ4n) is 2.90. The highest BCUT2D eigenvalue weighted by Crippen LogP contribution is 2.29. The molecule has 0 aliphatic heterocycles. The summed E-state index contributed by atoms with van der Waals surface area (Å²) in [6.07, 6.45) is -0.995. The van der Waals surface area contributed by atoms with E-state index < -0.39 is 35.8 Å². The van der Waals surface area contributed by atoms with E-state index in [1.54, 1.807) is 51.1 Å². The summed E-state index contributed by atoms with van der Waals surface area (Å²) in [4.78, 5) is 48.3. The molecule has 1 saturated carbocycles. The van der Waals surface area contributed by atoms with Crippen molar-refractivity contribution in [3.63, 3.8) is 0 Å². The summed E-state index contributed by atoms with van der Waals surface area (Å²) in [7, 11) is 1.22. The Bertz CT molecular complexity index is 795. The molecule has 31 heavy (non-hydrogen) atoms. The van der Waals surface area contributed by atoms with Crippen molar-refractivity contribution in [1.29, 1.82) is 0 Å². The Balaban J connectivity index is 1.94. The summed E-state index contributed by atoms with van der Waals surface area (Å²) >= 11 is 1.29. The van der Waals surface area contributed by atoms with Crippen molar-refractivity contribution < 1.29 is 33.4 Å². The van der Waals surface area contributed by atoms with E-state index >= 15 is 0 Å². The van der Waals surface area contributed by atoms with E-state index in [1.807, 2.05) is 0 Å². The summed E-state index contributed by atoms with van der Waals surface area (Å²) in [6.45, 7) is 5.14. The van der Waals surface area contributed by atoms with Gasteiger partial charge in [-0.25, -0.2) is 14.4 Å². The van der Waals surface area contributed by atoms with Crippen LogP contribution in [0.4, 0.5) is 9.59 Å². The molecule has 3 atom stereocenters. The number of nitrogens with one attached hydrogen (secondary N) is 2. The molecule has 0 radical (unpaired) electrons. The van der Waals surface area contributed by atoms with E-state index in [-0.39, 0.29) is 29.6 Å². The van der Waals surface area contributed by atoms with Gasteiger partial charge in [0, 0.05) is 23.8 Å². The lowest BCUT2D eigenvalue weighted by Crippen LogP contribution is -2.46. The number of ether oxygens (including phenoxy) is 3. The van der Waals surface area contributed by atoms with Crippen LogP contribution < -0.4 is 15.4 Å². The number of carbonyl (C=O) groups excluding carboxylic acids is 4. The number of carbonyl (C=O) groups is 4. The first kappa shape index (κ1) is 24.5. The number of hydrogen-bond acceptors (Lipinski definition) is 8. The van der Waals surface area contributed by atoms with Gasteiger partial charge in [0.2, 0.25) is 0 Å². The van der Waals surface area contributed by atoms with E-state index in [2.05, 4.69) is 10.6 Å².